The van der Waals surface area contributed by atoms with Crippen LogP contribution in [0.4, 0.5) is 16.0 Å². The van der Waals surface area contributed by atoms with Gasteiger partial charge in [0.2, 0.25) is 0 Å². The summed E-state index contributed by atoms with van der Waals surface area (Å²) in [5.41, 5.74) is 9.03. The molecular weight excluding hydrogens is 429 g/mol. The van der Waals surface area contributed by atoms with Crippen molar-refractivity contribution in [2.75, 3.05) is 18.1 Å². The molecule has 0 saturated heterocycles. The van der Waals surface area contributed by atoms with E-state index in [1.165, 1.54) is 6.07 Å². The smallest absolute Gasteiger partial charge is 0.153 e. The second-order valence-corrected chi connectivity index (χ2v) is 7.88. The summed E-state index contributed by atoms with van der Waals surface area (Å²) in [5.74, 6) is 0.543. The number of phenols is 1. The van der Waals surface area contributed by atoms with E-state index in [-0.39, 0.29) is 11.6 Å². The number of hydrogen-bond acceptors (Lipinski definition) is 5. The summed E-state index contributed by atoms with van der Waals surface area (Å²) in [6, 6.07) is 13.7. The highest BCUT2D eigenvalue weighted by Gasteiger charge is 2.19. The molecular formula is C24H19ClFN5O. The fraction of sp³-hybridized carbons (Fsp3) is 0.0833. The number of nitrogens with two attached hydrogens (primary N) is 1. The third-order valence-corrected chi connectivity index (χ3v) is 6.16. The third kappa shape index (κ3) is 2.93. The fourth-order valence-corrected chi connectivity index (χ4v) is 4.26. The molecule has 0 fully saturated rings. The van der Waals surface area contributed by atoms with Crippen molar-refractivity contribution in [2.24, 2.45) is 0 Å². The Hall–Kier alpha value is -3.84. The number of benzene rings is 3. The molecule has 0 spiro atoms. The highest BCUT2D eigenvalue weighted by Crippen LogP contribution is 2.38. The molecule has 0 saturated carbocycles. The zero-order valence-corrected chi connectivity index (χ0v) is 18.1. The lowest BCUT2D eigenvalue weighted by Gasteiger charge is -2.13. The molecule has 0 bridgehead atoms. The number of aromatic nitrogens is 3. The second-order valence-electron chi connectivity index (χ2n) is 7.51. The fourth-order valence-electron chi connectivity index (χ4n) is 4.04. The predicted molar refractivity (Wildman–Crippen MR) is 127 cm³/mol. The number of hydrogen-bond donors (Lipinski definition) is 3. The molecule has 0 aliphatic carbocycles. The van der Waals surface area contributed by atoms with Gasteiger partial charge in [-0.05, 0) is 42.1 Å². The lowest BCUT2D eigenvalue weighted by atomic mass is 9.96. The normalized spacial score (nSPS) is 11.4. The topological polar surface area (TPSA) is 89.0 Å². The van der Waals surface area contributed by atoms with Gasteiger partial charge in [0, 0.05) is 28.9 Å². The van der Waals surface area contributed by atoms with Gasteiger partial charge in [0.05, 0.1) is 16.7 Å². The molecule has 3 aromatic carbocycles. The Morgan fingerprint density at radius 2 is 1.81 bits per heavy atom. The molecule has 160 valence electrons. The van der Waals surface area contributed by atoms with Crippen molar-refractivity contribution in [1.29, 1.82) is 0 Å². The molecule has 2 heterocycles. The molecule has 5 rings (SSSR count). The molecule has 0 radical (unpaired) electrons. The van der Waals surface area contributed by atoms with Crippen molar-refractivity contribution in [3.8, 4) is 22.6 Å². The summed E-state index contributed by atoms with van der Waals surface area (Å²) in [5, 5.41) is 20.0. The summed E-state index contributed by atoms with van der Waals surface area (Å²) in [6.45, 7) is 1.85. The van der Waals surface area contributed by atoms with Gasteiger partial charge in [0.15, 0.2) is 5.82 Å². The van der Waals surface area contributed by atoms with Gasteiger partial charge in [0.25, 0.3) is 0 Å². The molecule has 0 aliphatic rings. The number of pyridine rings is 1. The van der Waals surface area contributed by atoms with Crippen LogP contribution in [-0.2, 0) is 0 Å². The van der Waals surface area contributed by atoms with Crippen LogP contribution in [0.5, 0.6) is 5.75 Å². The third-order valence-electron chi connectivity index (χ3n) is 5.68. The van der Waals surface area contributed by atoms with Crippen molar-refractivity contribution in [1.82, 2.24) is 14.8 Å². The van der Waals surface area contributed by atoms with E-state index in [2.05, 4.69) is 15.4 Å². The average molecular weight is 448 g/mol. The standard InChI is InChI=1S/C24H19ClFN5O/c1-12-22(25)20(11-29-24(12)28-2)31-19-10-16(18(26)9-17(19)23(27)30-31)14-7-8-21(32)15-6-4-3-5-13(14)15/h3-11,32H,1-2H3,(H2,27,30)(H,28,29). The molecule has 8 heteroatoms. The quantitative estimate of drug-likeness (QED) is 0.331. The number of halogens is 2. The van der Waals surface area contributed by atoms with Crippen LogP contribution in [-0.4, -0.2) is 26.9 Å². The van der Waals surface area contributed by atoms with E-state index in [1.54, 1.807) is 42.2 Å². The summed E-state index contributed by atoms with van der Waals surface area (Å²) in [6.07, 6.45) is 1.60. The Kier molecular flexibility index (Phi) is 4.64. The summed E-state index contributed by atoms with van der Waals surface area (Å²) < 4.78 is 16.8. The molecule has 5 aromatic rings. The monoisotopic (exact) mass is 447 g/mol. The van der Waals surface area contributed by atoms with Crippen LogP contribution >= 0.6 is 11.6 Å². The van der Waals surface area contributed by atoms with E-state index in [9.17, 15) is 5.11 Å². The van der Waals surface area contributed by atoms with E-state index in [1.807, 2.05) is 25.1 Å². The molecule has 6 nitrogen and oxygen atoms in total. The molecule has 0 atom stereocenters. The Morgan fingerprint density at radius 1 is 1.06 bits per heavy atom. The van der Waals surface area contributed by atoms with E-state index in [4.69, 9.17) is 17.3 Å². The lowest BCUT2D eigenvalue weighted by molar-refractivity contribution is 0.481. The molecule has 0 aliphatic heterocycles. The maximum Gasteiger partial charge on any atom is 0.153 e. The number of aromatic hydroxyl groups is 1. The molecule has 4 N–H and O–H groups in total. The van der Waals surface area contributed by atoms with Gasteiger partial charge in [-0.1, -0.05) is 35.9 Å². The van der Waals surface area contributed by atoms with Crippen molar-refractivity contribution in [3.63, 3.8) is 0 Å². The first-order chi connectivity index (χ1) is 15.4. The number of fused-ring (bicyclic) bond motifs is 2. The number of anilines is 2. The maximum absolute atomic E-state index is 15.3. The first-order valence-corrected chi connectivity index (χ1v) is 10.3. The van der Waals surface area contributed by atoms with Crippen molar-refractivity contribution >= 4 is 44.9 Å². The predicted octanol–water partition coefficient (Wildman–Crippen LogP) is 5.67. The molecule has 32 heavy (non-hydrogen) atoms. The molecule has 0 amide bonds. The molecule has 0 unspecified atom stereocenters. The minimum absolute atomic E-state index is 0.137. The number of rotatable bonds is 3. The zero-order chi connectivity index (χ0) is 22.6. The van der Waals surface area contributed by atoms with Crippen LogP contribution in [0.25, 0.3) is 38.5 Å². The van der Waals surface area contributed by atoms with Gasteiger partial charge in [-0.25, -0.2) is 14.1 Å². The van der Waals surface area contributed by atoms with Gasteiger partial charge < -0.3 is 16.2 Å². The minimum atomic E-state index is -0.439. The first kappa shape index (κ1) is 20.1. The lowest BCUT2D eigenvalue weighted by Crippen LogP contribution is -2.04. The van der Waals surface area contributed by atoms with Crippen LogP contribution < -0.4 is 11.1 Å². The second kappa shape index (κ2) is 7.39. The van der Waals surface area contributed by atoms with E-state index < -0.39 is 5.82 Å². The van der Waals surface area contributed by atoms with Gasteiger partial charge in [-0.15, -0.1) is 5.10 Å². The largest absolute Gasteiger partial charge is 0.507 e. The van der Waals surface area contributed by atoms with Gasteiger partial charge in [0.1, 0.15) is 23.1 Å². The van der Waals surface area contributed by atoms with Crippen LogP contribution in [0.15, 0.2) is 54.7 Å². The van der Waals surface area contributed by atoms with Gasteiger partial charge in [-0.3, -0.25) is 0 Å². The van der Waals surface area contributed by atoms with Crippen LogP contribution in [0.2, 0.25) is 5.02 Å². The van der Waals surface area contributed by atoms with Crippen LogP contribution in [0.3, 0.4) is 0 Å². The van der Waals surface area contributed by atoms with Gasteiger partial charge >= 0.3 is 0 Å². The average Bonchev–Trinajstić information content (AvgIpc) is 3.11. The summed E-state index contributed by atoms with van der Waals surface area (Å²) >= 11 is 6.62. The number of nitrogens with one attached hydrogen (secondary N) is 1. The number of phenolic OH excluding ortho intramolecular Hbond substituents is 1. The van der Waals surface area contributed by atoms with Crippen molar-refractivity contribution < 1.29 is 9.50 Å². The van der Waals surface area contributed by atoms with E-state index >= 15 is 4.39 Å². The zero-order valence-electron chi connectivity index (χ0n) is 17.3. The maximum atomic E-state index is 15.3. The van der Waals surface area contributed by atoms with Crippen molar-refractivity contribution in [3.05, 3.63) is 71.1 Å². The Bertz CT molecular complexity index is 1530. The summed E-state index contributed by atoms with van der Waals surface area (Å²) in [7, 11) is 1.77. The number of nitrogen functional groups attached to an aromatic ring is 1. The Morgan fingerprint density at radius 3 is 2.56 bits per heavy atom. The van der Waals surface area contributed by atoms with Crippen LogP contribution in [0, 0.1) is 12.7 Å². The van der Waals surface area contributed by atoms with E-state index in [0.717, 1.165) is 10.9 Å². The summed E-state index contributed by atoms with van der Waals surface area (Å²) in [4.78, 5) is 4.40. The Balaban J connectivity index is 1.80. The number of nitrogens with zero attached hydrogens (tertiary/aromatic N) is 3. The van der Waals surface area contributed by atoms with E-state index in [0.29, 0.717) is 43.9 Å². The first-order valence-electron chi connectivity index (χ1n) is 9.92. The van der Waals surface area contributed by atoms with Crippen LogP contribution in [0.1, 0.15) is 5.56 Å². The Labute approximate surface area is 188 Å². The molecule has 2 aromatic heterocycles. The minimum Gasteiger partial charge on any atom is -0.507 e. The highest BCUT2D eigenvalue weighted by atomic mass is 35.5. The highest BCUT2D eigenvalue weighted by molar-refractivity contribution is 6.33. The van der Waals surface area contributed by atoms with Crippen molar-refractivity contribution in [2.45, 2.75) is 6.92 Å². The SMILES string of the molecule is CNc1ncc(-n2nc(N)c3cc(F)c(-c4ccc(O)c5ccccc45)cc32)c(Cl)c1C. The van der Waals surface area contributed by atoms with Gasteiger partial charge in [-0.2, -0.15) is 0 Å².